The summed E-state index contributed by atoms with van der Waals surface area (Å²) in [7, 11) is 0. The van der Waals surface area contributed by atoms with Gasteiger partial charge in [-0.3, -0.25) is 63.3 Å². The van der Waals surface area contributed by atoms with Gasteiger partial charge in [0, 0.05) is 147 Å². The molecule has 4 unspecified atom stereocenters. The summed E-state index contributed by atoms with van der Waals surface area (Å²) in [4.78, 5) is 141. The number of allylic oxidation sites excluding steroid dienone is 3. The van der Waals surface area contributed by atoms with Gasteiger partial charge in [-0.25, -0.2) is 4.79 Å². The van der Waals surface area contributed by atoms with Gasteiger partial charge in [-0.15, -0.1) is 0 Å². The third kappa shape index (κ3) is 35.6. The molecule has 768 valence electrons. The van der Waals surface area contributed by atoms with Crippen molar-refractivity contribution < 1.29 is 77.2 Å². The van der Waals surface area contributed by atoms with Crippen molar-refractivity contribution in [3.63, 3.8) is 0 Å². The number of carboxylic acid groups (broad SMARTS) is 1. The third-order valence-electron chi connectivity index (χ3n) is 31.4. The van der Waals surface area contributed by atoms with Crippen molar-refractivity contribution in [2.24, 2.45) is 62.4 Å². The molecule has 4 atom stereocenters. The first-order valence-corrected chi connectivity index (χ1v) is 52.9. The average Bonchev–Trinajstić information content (AvgIpc) is 0.766. The van der Waals surface area contributed by atoms with E-state index in [2.05, 4.69) is 49.6 Å². The van der Waals surface area contributed by atoms with Crippen molar-refractivity contribution in [1.82, 2.24) is 35.1 Å². The normalized spacial score (nSPS) is 26.1. The number of rotatable bonds is 24. The van der Waals surface area contributed by atoms with Crippen LogP contribution >= 0.6 is 0 Å². The van der Waals surface area contributed by atoms with Gasteiger partial charge in [-0.05, 0) is 328 Å². The highest BCUT2D eigenvalue weighted by Gasteiger charge is 2.45. The highest BCUT2D eigenvalue weighted by molar-refractivity contribution is 6.00. The predicted octanol–water partition coefficient (Wildman–Crippen LogP) is 17.7. The fourth-order valence-electron chi connectivity index (χ4n) is 23.3. The second-order valence-electron chi connectivity index (χ2n) is 42.1. The molecule has 5 spiro atoms. The molecule has 5 aromatic carbocycles. The number of nitriles is 1. The Bertz CT molecular complexity index is 5020. The number of nitrogens with two attached hydrogens (primary N) is 1. The van der Waals surface area contributed by atoms with Crippen molar-refractivity contribution in [2.45, 2.75) is 233 Å². The van der Waals surface area contributed by atoms with E-state index < -0.39 is 5.97 Å². The molecule has 0 aromatic heterocycles. The fraction of sp³-hybridized carbons (Fsp3) is 0.578. The van der Waals surface area contributed by atoms with Gasteiger partial charge < -0.3 is 55.4 Å². The minimum Gasteiger partial charge on any atom is -0.481 e. The molecule has 10 fully saturated rings. The van der Waals surface area contributed by atoms with E-state index in [4.69, 9.17) is 40.8 Å². The fourth-order valence-corrected chi connectivity index (χ4v) is 23.3. The number of benzene rings is 5. The molecule has 3 saturated carbocycles. The number of carbonyl (C=O) groups excluding carboxylic acids is 10. The van der Waals surface area contributed by atoms with Crippen LogP contribution in [0, 0.1) is 73.4 Å². The number of amidine groups is 1. The average molecular weight is 1950 g/mol. The Kier molecular flexibility index (Phi) is 44.8. The van der Waals surface area contributed by atoms with E-state index in [9.17, 15) is 52.7 Å². The Labute approximate surface area is 842 Å². The van der Waals surface area contributed by atoms with Gasteiger partial charge in [-0.1, -0.05) is 121 Å². The number of aliphatic hydroxyl groups excluding tert-OH is 1. The molecule has 2 amide bonds. The Balaban J connectivity index is 0.000000161. The number of piperidine rings is 7. The number of nitrogen functional groups attached to an aromatic ring is 1. The van der Waals surface area contributed by atoms with Crippen molar-refractivity contribution in [3.8, 4) is 6.07 Å². The van der Waals surface area contributed by atoms with E-state index in [-0.39, 0.29) is 98.6 Å². The molecule has 7 N–H and O–H groups in total. The van der Waals surface area contributed by atoms with Crippen LogP contribution in [0.25, 0.3) is 0 Å². The highest BCUT2D eigenvalue weighted by atomic mass is 16.5. The SMILES string of the molecule is CCOC(=O)/C=C1/C=CC2(CCCN(CC(=O)c3ccccc3)C2)CC1.CCOC(=O)CC1CCC2(CCCN(C(=O)c3ccc(C#N)cc3)C2)CC1.CCOC(=O)CC1CCC2(CCCNC2)CC1.N=C(N)c1ccc(C(=O)N2CCCC3(CCC(CC(=O)O)CC3)C2)cc1.O=C1C=CC2(CCCN(CC(=O)c3ccccc3)C2)CC1.O=CC1CCCN(CC(=O)c2ccccc2)C1.OCC1CCCNC1. The van der Waals surface area contributed by atoms with E-state index in [1.807, 2.05) is 122 Å². The standard InChI is InChI=1S/C22H28N2O3.C22H27NO3.C20H27N3O3.C18H21NO2.C14H25NO2.C14H17NO2.C6H13NO/c1-2-27-20(25)14-17-8-11-22(12-9-17)10-3-13-24(16-22)21(26)19-6-4-18(15-23)5-7-19;1-2-26-21(25)15-18-9-12-22(13-10-18)11-6-14-23(17-22)16-20(24)19-7-4-3-5-8-19;21-18(22)15-2-4-16(5-3-15)19(26)23-11-1-8-20(13-23)9-6-14(7-10-20)12-17(24)25;20-16-7-10-18(11-8-16)9-4-12-19(14-18)13-17(21)15-5-2-1-3-6-15;1-2-17-13(16)10-12-4-7-14(8-5-12)6-3-9-15-11-14;16-11-12-5-4-8-15(9-12)10-14(17)13-6-2-1-3-7-13;8-5-6-2-1-3-7-4-6/h4-7,17H,2-3,8-14,16H2,1H3;3-5,7-9,12,15H,2,6,10-11,13-14,16-17H2,1H3;2-5,14H,1,6-13H2,(H3,21,22)(H,24,25);1-3,5-7,10H,4,8-9,11-14H2;12,15H,2-11H2,1H3;1-3,6-7,11-12H,4-5,8-10H2;6-8H,1-5H2/b;18-15-;;;;;. The number of Topliss-reactive ketones (excluding diaryl/α,β-unsaturated/α-hetero) is 3. The van der Waals surface area contributed by atoms with Crippen molar-refractivity contribution in [3.05, 3.63) is 214 Å². The number of aldehydes is 1. The molecule has 5 aromatic rings. The lowest BCUT2D eigenvalue weighted by molar-refractivity contribution is -0.145. The summed E-state index contributed by atoms with van der Waals surface area (Å²) in [5, 5.41) is 40.8. The van der Waals surface area contributed by atoms with Gasteiger partial charge >= 0.3 is 23.9 Å². The molecule has 17 rings (SSSR count). The summed E-state index contributed by atoms with van der Waals surface area (Å²) in [5.74, 6) is 1.68. The van der Waals surface area contributed by atoms with Crippen molar-refractivity contribution in [2.75, 3.05) is 138 Å². The van der Waals surface area contributed by atoms with Crippen molar-refractivity contribution >= 4 is 70.9 Å². The second-order valence-corrected chi connectivity index (χ2v) is 42.1. The molecule has 7 aliphatic heterocycles. The number of esters is 3. The molecule has 7 heterocycles. The number of carbonyl (C=O) groups is 11. The molecule has 142 heavy (non-hydrogen) atoms. The van der Waals surface area contributed by atoms with Gasteiger partial charge in [0.05, 0.1) is 51.1 Å². The van der Waals surface area contributed by atoms with Gasteiger partial charge in [0.2, 0.25) is 0 Å². The zero-order valence-electron chi connectivity index (χ0n) is 84.7. The zero-order valence-corrected chi connectivity index (χ0v) is 84.7. The Morgan fingerprint density at radius 2 is 0.901 bits per heavy atom. The van der Waals surface area contributed by atoms with Gasteiger partial charge in [-0.2, -0.15) is 5.26 Å². The highest BCUT2D eigenvalue weighted by Crippen LogP contribution is 2.50. The van der Waals surface area contributed by atoms with Crippen LogP contribution in [-0.4, -0.2) is 243 Å². The van der Waals surface area contributed by atoms with E-state index in [1.165, 1.54) is 64.5 Å². The van der Waals surface area contributed by atoms with Gasteiger partial charge in [0.15, 0.2) is 23.1 Å². The van der Waals surface area contributed by atoms with Crippen LogP contribution in [-0.2, 0) is 43.0 Å². The topological polar surface area (TPSA) is 370 Å². The third-order valence-corrected chi connectivity index (χ3v) is 31.4. The van der Waals surface area contributed by atoms with Crippen LogP contribution in [0.3, 0.4) is 0 Å². The lowest BCUT2D eigenvalue weighted by Crippen LogP contribution is -2.47. The van der Waals surface area contributed by atoms with Crippen LogP contribution in [0.1, 0.15) is 296 Å². The van der Waals surface area contributed by atoms with E-state index >= 15 is 0 Å². The number of hydrogen-bond donors (Lipinski definition) is 6. The number of ketones is 4. The number of aliphatic carboxylic acids is 1. The maximum absolute atomic E-state index is 12.9. The maximum atomic E-state index is 12.9. The molecule has 7 saturated heterocycles. The Morgan fingerprint density at radius 3 is 1.31 bits per heavy atom. The summed E-state index contributed by atoms with van der Waals surface area (Å²) in [6.45, 7) is 21.7. The molecule has 0 radical (unpaired) electrons. The first kappa shape index (κ1) is 112. The lowest BCUT2D eigenvalue weighted by Gasteiger charge is -2.46. The van der Waals surface area contributed by atoms with Crippen LogP contribution in [0.5, 0.6) is 0 Å². The number of hydrogen-bond acceptors (Lipinski definition) is 22. The first-order chi connectivity index (χ1) is 68.7. The number of likely N-dealkylation sites (tertiary alicyclic amines) is 5. The summed E-state index contributed by atoms with van der Waals surface area (Å²) in [6, 6.07) is 44.2. The van der Waals surface area contributed by atoms with Gasteiger partial charge in [0.1, 0.15) is 12.1 Å². The number of ether oxygens (including phenoxy) is 3. The molecule has 12 aliphatic rings. The van der Waals surface area contributed by atoms with E-state index in [0.29, 0.717) is 111 Å². The Morgan fingerprint density at radius 1 is 0.465 bits per heavy atom. The number of nitrogens with zero attached hydrogens (tertiary/aromatic N) is 6. The molecule has 0 bridgehead atoms. The smallest absolute Gasteiger partial charge is 0.331 e. The Hall–Kier alpha value is -10.8. The number of aliphatic hydroxyl groups is 1. The minimum absolute atomic E-state index is 0.000884. The number of carboxylic acids is 1. The lowest BCUT2D eigenvalue weighted by atomic mass is 9.66. The second kappa shape index (κ2) is 57.0. The van der Waals surface area contributed by atoms with Crippen LogP contribution in [0.2, 0.25) is 0 Å². The molecule has 26 nitrogen and oxygen atoms in total. The van der Waals surface area contributed by atoms with Crippen LogP contribution in [0.4, 0.5) is 0 Å². The summed E-state index contributed by atoms with van der Waals surface area (Å²) >= 11 is 0. The van der Waals surface area contributed by atoms with Crippen LogP contribution in [0.15, 0.2) is 175 Å². The largest absolute Gasteiger partial charge is 0.481 e. The molecule has 26 heteroatoms. The molecule has 5 aliphatic carbocycles. The summed E-state index contributed by atoms with van der Waals surface area (Å²) < 4.78 is 15.1. The summed E-state index contributed by atoms with van der Waals surface area (Å²) in [5.41, 5.74) is 12.5. The quantitative estimate of drug-likeness (QED) is 0.00635. The van der Waals surface area contributed by atoms with Crippen molar-refractivity contribution in [1.29, 1.82) is 10.7 Å². The minimum atomic E-state index is -0.708. The van der Waals surface area contributed by atoms with Crippen LogP contribution < -0.4 is 16.4 Å². The maximum Gasteiger partial charge on any atom is 0.331 e. The molecular formula is C116H158N10O16. The number of nitrogens with one attached hydrogen (secondary N) is 3. The van der Waals surface area contributed by atoms with Gasteiger partial charge in [0.25, 0.3) is 11.8 Å². The number of amides is 2. The summed E-state index contributed by atoms with van der Waals surface area (Å²) in [6.07, 6.45) is 44.7. The zero-order chi connectivity index (χ0) is 101. The van der Waals surface area contributed by atoms with E-state index in [1.54, 1.807) is 60.7 Å². The predicted molar refractivity (Wildman–Crippen MR) is 552 cm³/mol. The van der Waals surface area contributed by atoms with E-state index in [0.717, 1.165) is 242 Å². The molecular weight excluding hydrogens is 1790 g/mol. The monoisotopic (exact) mass is 1950 g/mol. The first-order valence-electron chi connectivity index (χ1n) is 52.9.